The lowest BCUT2D eigenvalue weighted by Gasteiger charge is -2.31. The Morgan fingerprint density at radius 3 is 2.32 bits per heavy atom. The molecule has 0 heterocycles. The zero-order valence-electron chi connectivity index (χ0n) is 15.9. The number of rotatable bonds is 5. The van der Waals surface area contributed by atoms with Crippen molar-refractivity contribution in [2.24, 2.45) is 0 Å². The Hall–Kier alpha value is -2.45. The first kappa shape index (κ1) is 20.3. The van der Waals surface area contributed by atoms with E-state index in [4.69, 9.17) is 0 Å². The molecule has 150 valence electrons. The Kier molecular flexibility index (Phi) is 5.71. The number of nitrogens with zero attached hydrogens (tertiary/aromatic N) is 1. The highest BCUT2D eigenvalue weighted by Crippen LogP contribution is 2.38. The van der Waals surface area contributed by atoms with Crippen LogP contribution < -0.4 is 10.6 Å². The number of urea groups is 1. The van der Waals surface area contributed by atoms with Gasteiger partial charge in [-0.1, -0.05) is 31.0 Å². The maximum absolute atomic E-state index is 13.3. The Labute approximate surface area is 164 Å². The minimum atomic E-state index is -3.59. The van der Waals surface area contributed by atoms with Crippen molar-refractivity contribution in [2.75, 3.05) is 19.4 Å². The zero-order chi connectivity index (χ0) is 20.4. The van der Waals surface area contributed by atoms with Gasteiger partial charge in [0.15, 0.2) is 0 Å². The van der Waals surface area contributed by atoms with Gasteiger partial charge in [-0.3, -0.25) is 0 Å². The number of sulfonamides is 1. The van der Waals surface area contributed by atoms with E-state index in [2.05, 4.69) is 10.6 Å². The van der Waals surface area contributed by atoms with Gasteiger partial charge in [0.05, 0.1) is 10.4 Å². The summed E-state index contributed by atoms with van der Waals surface area (Å²) in [4.78, 5) is 12.8. The Balaban J connectivity index is 1.78. The van der Waals surface area contributed by atoms with Crippen LogP contribution >= 0.6 is 0 Å². The molecule has 2 aromatic rings. The molecule has 8 heteroatoms. The maximum Gasteiger partial charge on any atom is 0.319 e. The number of amides is 2. The van der Waals surface area contributed by atoms with Gasteiger partial charge in [0.1, 0.15) is 5.82 Å². The third kappa shape index (κ3) is 4.18. The van der Waals surface area contributed by atoms with Crippen molar-refractivity contribution >= 4 is 21.7 Å². The number of anilines is 1. The van der Waals surface area contributed by atoms with Gasteiger partial charge >= 0.3 is 6.03 Å². The topological polar surface area (TPSA) is 78.5 Å². The van der Waals surface area contributed by atoms with Gasteiger partial charge in [-0.15, -0.1) is 0 Å². The fourth-order valence-electron chi connectivity index (χ4n) is 3.56. The normalized spacial score (nSPS) is 16.1. The summed E-state index contributed by atoms with van der Waals surface area (Å²) in [6.45, 7) is 0. The minimum Gasteiger partial charge on any atom is -0.328 e. The van der Waals surface area contributed by atoms with Gasteiger partial charge in [0.25, 0.3) is 0 Å². The van der Waals surface area contributed by atoms with E-state index in [1.165, 1.54) is 38.4 Å². The third-order valence-corrected chi connectivity index (χ3v) is 6.89. The van der Waals surface area contributed by atoms with Crippen LogP contribution in [0.25, 0.3) is 0 Å². The molecule has 6 nitrogen and oxygen atoms in total. The van der Waals surface area contributed by atoms with Crippen molar-refractivity contribution in [2.45, 2.75) is 36.1 Å². The van der Waals surface area contributed by atoms with E-state index in [1.807, 2.05) is 0 Å². The predicted octanol–water partition coefficient (Wildman–Crippen LogP) is 3.67. The summed E-state index contributed by atoms with van der Waals surface area (Å²) in [5.74, 6) is -0.319. The second-order valence-corrected chi connectivity index (χ2v) is 9.34. The van der Waals surface area contributed by atoms with Crippen molar-refractivity contribution in [3.63, 3.8) is 0 Å². The van der Waals surface area contributed by atoms with Crippen LogP contribution in [0.4, 0.5) is 14.9 Å². The van der Waals surface area contributed by atoms with Gasteiger partial charge in [-0.25, -0.2) is 21.9 Å². The summed E-state index contributed by atoms with van der Waals surface area (Å²) in [7, 11) is -0.684. The highest BCUT2D eigenvalue weighted by Gasteiger charge is 2.37. The lowest BCUT2D eigenvalue weighted by atomic mass is 9.88. The predicted molar refractivity (Wildman–Crippen MR) is 106 cm³/mol. The molecule has 0 saturated heterocycles. The largest absolute Gasteiger partial charge is 0.328 e. The molecule has 2 aromatic carbocycles. The number of hydrogen-bond donors (Lipinski definition) is 2. The van der Waals surface area contributed by atoms with Gasteiger partial charge in [0.2, 0.25) is 10.0 Å². The van der Waals surface area contributed by atoms with Crippen LogP contribution in [0.1, 0.15) is 31.2 Å². The smallest absolute Gasteiger partial charge is 0.319 e. The second kappa shape index (κ2) is 7.89. The quantitative estimate of drug-likeness (QED) is 0.797. The molecule has 1 aliphatic carbocycles. The summed E-state index contributed by atoms with van der Waals surface area (Å²) in [6, 6.07) is 11.9. The van der Waals surface area contributed by atoms with E-state index in [9.17, 15) is 17.6 Å². The summed E-state index contributed by atoms with van der Waals surface area (Å²) >= 11 is 0. The van der Waals surface area contributed by atoms with E-state index in [-0.39, 0.29) is 10.7 Å². The lowest BCUT2D eigenvalue weighted by Crippen LogP contribution is -2.45. The van der Waals surface area contributed by atoms with Crippen LogP contribution in [0.3, 0.4) is 0 Å². The number of nitrogens with one attached hydrogen (secondary N) is 2. The molecule has 0 radical (unpaired) electrons. The molecule has 0 aliphatic heterocycles. The number of hydrogen-bond acceptors (Lipinski definition) is 3. The summed E-state index contributed by atoms with van der Waals surface area (Å²) in [6.07, 6.45) is 3.46. The molecule has 0 bridgehead atoms. The molecule has 1 saturated carbocycles. The van der Waals surface area contributed by atoms with Crippen LogP contribution in [0, 0.1) is 5.82 Å². The number of benzene rings is 2. The lowest BCUT2D eigenvalue weighted by molar-refractivity contribution is 0.236. The van der Waals surface area contributed by atoms with Crippen molar-refractivity contribution < 1.29 is 17.6 Å². The summed E-state index contributed by atoms with van der Waals surface area (Å²) < 4.78 is 39.0. The second-order valence-electron chi connectivity index (χ2n) is 7.19. The first-order chi connectivity index (χ1) is 13.2. The van der Waals surface area contributed by atoms with E-state index in [1.54, 1.807) is 24.3 Å². The first-order valence-electron chi connectivity index (χ1n) is 9.11. The van der Waals surface area contributed by atoms with Gasteiger partial charge < -0.3 is 10.6 Å². The van der Waals surface area contributed by atoms with Crippen molar-refractivity contribution in [3.05, 3.63) is 59.9 Å². The van der Waals surface area contributed by atoms with Gasteiger partial charge in [0, 0.05) is 19.8 Å². The Morgan fingerprint density at radius 1 is 1.07 bits per heavy atom. The van der Waals surface area contributed by atoms with Crippen molar-refractivity contribution in [1.82, 2.24) is 9.62 Å². The van der Waals surface area contributed by atoms with Crippen LogP contribution in [-0.2, 0) is 15.6 Å². The van der Waals surface area contributed by atoms with Crippen LogP contribution in [0.15, 0.2) is 53.4 Å². The number of carbonyl (C=O) groups excluding carboxylic acids is 1. The molecule has 3 rings (SSSR count). The maximum atomic E-state index is 13.3. The van der Waals surface area contributed by atoms with Crippen molar-refractivity contribution in [3.8, 4) is 0 Å². The van der Waals surface area contributed by atoms with E-state index >= 15 is 0 Å². The summed E-state index contributed by atoms with van der Waals surface area (Å²) in [5, 5.41) is 5.74. The molecule has 1 aliphatic rings. The highest BCUT2D eigenvalue weighted by molar-refractivity contribution is 7.89. The van der Waals surface area contributed by atoms with Gasteiger partial charge in [-0.05, 0) is 48.7 Å². The average molecular weight is 405 g/mol. The SMILES string of the molecule is CN(C)S(=O)(=O)c1cccc(NC(=O)NC2(c3ccc(F)cc3)CCCC2)c1. The first-order valence-corrected chi connectivity index (χ1v) is 10.5. The number of halogens is 1. The fourth-order valence-corrected chi connectivity index (χ4v) is 4.51. The molecule has 2 N–H and O–H groups in total. The molecule has 0 atom stereocenters. The molecule has 2 amide bonds. The van der Waals surface area contributed by atoms with E-state index < -0.39 is 21.6 Å². The third-order valence-electron chi connectivity index (χ3n) is 5.08. The average Bonchev–Trinajstić information content (AvgIpc) is 3.11. The molecule has 0 spiro atoms. The van der Waals surface area contributed by atoms with Crippen LogP contribution in [0.2, 0.25) is 0 Å². The standard InChI is InChI=1S/C20H24FN3O3S/c1-24(2)28(26,27)18-7-5-6-17(14-18)22-19(25)23-20(12-3-4-13-20)15-8-10-16(21)11-9-15/h5-11,14H,3-4,12-13H2,1-2H3,(H2,22,23,25). The molecular formula is C20H24FN3O3S. The molecule has 0 aromatic heterocycles. The molecule has 0 unspecified atom stereocenters. The van der Waals surface area contributed by atoms with Gasteiger partial charge in [-0.2, -0.15) is 0 Å². The summed E-state index contributed by atoms with van der Waals surface area (Å²) in [5.41, 5.74) is 0.698. The van der Waals surface area contributed by atoms with E-state index in [0.29, 0.717) is 5.69 Å². The number of carbonyl (C=O) groups is 1. The minimum absolute atomic E-state index is 0.101. The molecule has 28 heavy (non-hydrogen) atoms. The zero-order valence-corrected chi connectivity index (χ0v) is 16.7. The van der Waals surface area contributed by atoms with E-state index in [0.717, 1.165) is 35.6 Å². The Bertz CT molecular complexity index is 953. The highest BCUT2D eigenvalue weighted by atomic mass is 32.2. The molecular weight excluding hydrogens is 381 g/mol. The monoisotopic (exact) mass is 405 g/mol. The fraction of sp³-hybridized carbons (Fsp3) is 0.350. The molecule has 1 fully saturated rings. The van der Waals surface area contributed by atoms with Crippen LogP contribution in [0.5, 0.6) is 0 Å². The van der Waals surface area contributed by atoms with Crippen molar-refractivity contribution in [1.29, 1.82) is 0 Å². The Morgan fingerprint density at radius 2 is 1.71 bits per heavy atom. The van der Waals surface area contributed by atoms with Crippen LogP contribution in [-0.4, -0.2) is 32.8 Å².